The molecule has 5 nitrogen and oxygen atoms in total. The van der Waals surface area contributed by atoms with Gasteiger partial charge in [0.1, 0.15) is 0 Å². The van der Waals surface area contributed by atoms with Crippen LogP contribution in [-0.2, 0) is 0 Å². The van der Waals surface area contributed by atoms with E-state index in [-0.39, 0.29) is 12.1 Å². The monoisotopic (exact) mass is 238 g/mol. The van der Waals surface area contributed by atoms with Crippen LogP contribution in [0.2, 0.25) is 0 Å². The third kappa shape index (κ3) is 2.40. The predicted octanol–water partition coefficient (Wildman–Crippen LogP) is 2.32. The van der Waals surface area contributed by atoms with Crippen LogP contribution in [0, 0.1) is 0 Å². The molecule has 0 bridgehead atoms. The molecular formula is C10H14N4OS. The first kappa shape index (κ1) is 11.1. The maximum Gasteiger partial charge on any atom is 0.316 e. The van der Waals surface area contributed by atoms with E-state index < -0.39 is 0 Å². The van der Waals surface area contributed by atoms with Crippen molar-refractivity contribution in [1.29, 1.82) is 0 Å². The molecule has 0 fully saturated rings. The molecule has 86 valence electrons. The lowest BCUT2D eigenvalue weighted by molar-refractivity contribution is 0.470. The minimum Gasteiger partial charge on any atom is -0.406 e. The van der Waals surface area contributed by atoms with Gasteiger partial charge in [0.15, 0.2) is 0 Å². The molecule has 2 aromatic heterocycles. The van der Waals surface area contributed by atoms with E-state index in [0.717, 1.165) is 0 Å². The Kier molecular flexibility index (Phi) is 3.21. The zero-order valence-electron chi connectivity index (χ0n) is 9.18. The Balaban J connectivity index is 2.03. The number of anilines is 1. The molecule has 0 aromatic carbocycles. The third-order valence-electron chi connectivity index (χ3n) is 2.14. The van der Waals surface area contributed by atoms with Crippen LogP contribution in [0.15, 0.2) is 21.9 Å². The second kappa shape index (κ2) is 4.63. The molecule has 2 unspecified atom stereocenters. The van der Waals surface area contributed by atoms with Gasteiger partial charge in [-0.05, 0) is 25.3 Å². The molecule has 0 amide bonds. The number of rotatable bonds is 4. The molecule has 2 rings (SSSR count). The summed E-state index contributed by atoms with van der Waals surface area (Å²) in [5, 5.41) is 12.9. The van der Waals surface area contributed by atoms with Crippen molar-refractivity contribution in [3.05, 3.63) is 28.3 Å². The van der Waals surface area contributed by atoms with Crippen molar-refractivity contribution in [3.63, 3.8) is 0 Å². The predicted molar refractivity (Wildman–Crippen MR) is 63.3 cm³/mol. The second-order valence-electron chi connectivity index (χ2n) is 3.62. The first-order valence-corrected chi connectivity index (χ1v) is 5.93. The van der Waals surface area contributed by atoms with Crippen LogP contribution in [0.5, 0.6) is 0 Å². The maximum absolute atomic E-state index is 5.63. The van der Waals surface area contributed by atoms with E-state index in [1.807, 2.05) is 18.4 Å². The van der Waals surface area contributed by atoms with Crippen molar-refractivity contribution in [1.82, 2.24) is 10.2 Å². The topological polar surface area (TPSA) is 77.0 Å². The molecule has 2 atom stereocenters. The van der Waals surface area contributed by atoms with E-state index in [1.165, 1.54) is 4.88 Å². The van der Waals surface area contributed by atoms with Gasteiger partial charge >= 0.3 is 6.01 Å². The number of nitrogens with two attached hydrogens (primary N) is 1. The van der Waals surface area contributed by atoms with Crippen LogP contribution in [0.3, 0.4) is 0 Å². The summed E-state index contributed by atoms with van der Waals surface area (Å²) >= 11 is 1.69. The molecule has 6 heteroatoms. The molecule has 0 saturated heterocycles. The quantitative estimate of drug-likeness (QED) is 0.854. The van der Waals surface area contributed by atoms with E-state index in [1.54, 1.807) is 18.3 Å². The summed E-state index contributed by atoms with van der Waals surface area (Å²) < 4.78 is 5.36. The summed E-state index contributed by atoms with van der Waals surface area (Å²) in [7, 11) is 0. The van der Waals surface area contributed by atoms with Crippen molar-refractivity contribution in [3.8, 4) is 0 Å². The van der Waals surface area contributed by atoms with Crippen LogP contribution < -0.4 is 11.1 Å². The van der Waals surface area contributed by atoms with Gasteiger partial charge in [0.2, 0.25) is 5.89 Å². The highest BCUT2D eigenvalue weighted by molar-refractivity contribution is 7.10. The smallest absolute Gasteiger partial charge is 0.316 e. The summed E-state index contributed by atoms with van der Waals surface area (Å²) in [5.74, 6) is 0.445. The van der Waals surface area contributed by atoms with Gasteiger partial charge in [-0.25, -0.2) is 0 Å². The zero-order chi connectivity index (χ0) is 11.5. The van der Waals surface area contributed by atoms with Crippen LogP contribution >= 0.6 is 11.3 Å². The molecule has 16 heavy (non-hydrogen) atoms. The van der Waals surface area contributed by atoms with Gasteiger partial charge in [-0.1, -0.05) is 11.2 Å². The van der Waals surface area contributed by atoms with Gasteiger partial charge in [0.05, 0.1) is 12.1 Å². The molecule has 2 aromatic rings. The maximum atomic E-state index is 5.63. The summed E-state index contributed by atoms with van der Waals surface area (Å²) in [6.45, 7) is 3.85. The summed E-state index contributed by atoms with van der Waals surface area (Å²) in [6.07, 6.45) is 0. The van der Waals surface area contributed by atoms with Crippen LogP contribution in [0.4, 0.5) is 6.01 Å². The van der Waals surface area contributed by atoms with Gasteiger partial charge in [0, 0.05) is 4.88 Å². The molecule has 0 saturated carbocycles. The first-order chi connectivity index (χ1) is 7.66. The minimum atomic E-state index is -0.236. The van der Waals surface area contributed by atoms with E-state index in [9.17, 15) is 0 Å². The van der Waals surface area contributed by atoms with Crippen LogP contribution in [0.1, 0.15) is 36.7 Å². The highest BCUT2D eigenvalue weighted by atomic mass is 32.1. The lowest BCUT2D eigenvalue weighted by atomic mass is 10.3. The van der Waals surface area contributed by atoms with Crippen molar-refractivity contribution in [2.75, 3.05) is 5.32 Å². The van der Waals surface area contributed by atoms with Gasteiger partial charge < -0.3 is 15.5 Å². The fourth-order valence-corrected chi connectivity index (χ4v) is 2.01. The van der Waals surface area contributed by atoms with Crippen molar-refractivity contribution in [2.24, 2.45) is 5.73 Å². The Bertz CT molecular complexity index is 437. The van der Waals surface area contributed by atoms with Crippen molar-refractivity contribution in [2.45, 2.75) is 25.9 Å². The molecule has 3 N–H and O–H groups in total. The van der Waals surface area contributed by atoms with Gasteiger partial charge in [0.25, 0.3) is 0 Å². The van der Waals surface area contributed by atoms with E-state index in [4.69, 9.17) is 10.2 Å². The molecular weight excluding hydrogens is 224 g/mol. The number of nitrogens with one attached hydrogen (secondary N) is 1. The number of aromatic nitrogens is 2. The molecule has 0 spiro atoms. The Hall–Kier alpha value is -1.40. The largest absolute Gasteiger partial charge is 0.406 e. The second-order valence-corrected chi connectivity index (χ2v) is 4.59. The lowest BCUT2D eigenvalue weighted by Gasteiger charge is -2.08. The molecule has 0 radical (unpaired) electrons. The first-order valence-electron chi connectivity index (χ1n) is 5.05. The standard InChI is InChI=1S/C10H14N4OS/c1-6(11)9-13-14-10(15-9)12-7(2)8-4-3-5-16-8/h3-7H,11H2,1-2H3,(H,12,14). The highest BCUT2D eigenvalue weighted by Crippen LogP contribution is 2.22. The van der Waals surface area contributed by atoms with Gasteiger partial charge in [-0.15, -0.1) is 16.4 Å². The van der Waals surface area contributed by atoms with Gasteiger partial charge in [-0.3, -0.25) is 0 Å². The fourth-order valence-electron chi connectivity index (χ4n) is 1.27. The molecule has 0 aliphatic heterocycles. The Labute approximate surface area is 97.7 Å². The minimum absolute atomic E-state index is 0.154. The average Bonchev–Trinajstić information content (AvgIpc) is 2.87. The molecule has 0 aliphatic carbocycles. The van der Waals surface area contributed by atoms with Crippen LogP contribution in [-0.4, -0.2) is 10.2 Å². The van der Waals surface area contributed by atoms with Crippen LogP contribution in [0.25, 0.3) is 0 Å². The third-order valence-corrected chi connectivity index (χ3v) is 3.20. The Morgan fingerprint density at radius 1 is 1.44 bits per heavy atom. The van der Waals surface area contributed by atoms with E-state index >= 15 is 0 Å². The number of thiophene rings is 1. The number of nitrogens with zero attached hydrogens (tertiary/aromatic N) is 2. The average molecular weight is 238 g/mol. The summed E-state index contributed by atoms with van der Waals surface area (Å²) in [4.78, 5) is 1.22. The zero-order valence-corrected chi connectivity index (χ0v) is 9.99. The molecule has 2 heterocycles. The van der Waals surface area contributed by atoms with Crippen molar-refractivity contribution >= 4 is 17.4 Å². The molecule has 0 aliphatic rings. The highest BCUT2D eigenvalue weighted by Gasteiger charge is 2.13. The Morgan fingerprint density at radius 3 is 2.81 bits per heavy atom. The SMILES string of the molecule is CC(N)c1nnc(NC(C)c2cccs2)o1. The van der Waals surface area contributed by atoms with E-state index in [0.29, 0.717) is 11.9 Å². The Morgan fingerprint density at radius 2 is 2.25 bits per heavy atom. The number of hydrogen-bond acceptors (Lipinski definition) is 6. The van der Waals surface area contributed by atoms with E-state index in [2.05, 4.69) is 21.6 Å². The normalized spacial score (nSPS) is 14.7. The summed E-state index contributed by atoms with van der Waals surface area (Å²) in [6, 6.07) is 4.40. The lowest BCUT2D eigenvalue weighted by Crippen LogP contribution is -2.05. The summed E-state index contributed by atoms with van der Waals surface area (Å²) in [5.41, 5.74) is 5.63. The number of hydrogen-bond donors (Lipinski definition) is 2. The van der Waals surface area contributed by atoms with Gasteiger partial charge in [-0.2, -0.15) is 0 Å². The van der Waals surface area contributed by atoms with Crippen molar-refractivity contribution < 1.29 is 4.42 Å². The fraction of sp³-hybridized carbons (Fsp3) is 0.400.